The van der Waals surface area contributed by atoms with Crippen LogP contribution in [0.1, 0.15) is 45.4 Å². The van der Waals surface area contributed by atoms with Gasteiger partial charge in [-0.3, -0.25) is 0 Å². The van der Waals surface area contributed by atoms with E-state index < -0.39 is 0 Å². The van der Waals surface area contributed by atoms with Gasteiger partial charge in [0, 0.05) is 6.61 Å². The number of hydrogen-bond donors (Lipinski definition) is 0. The van der Waals surface area contributed by atoms with Gasteiger partial charge in [0.25, 0.3) is 0 Å². The molecule has 0 saturated carbocycles. The maximum absolute atomic E-state index is 5.58. The molecule has 1 heteroatoms. The van der Waals surface area contributed by atoms with E-state index in [-0.39, 0.29) is 0 Å². The standard InChI is InChI=1S/C13H22O/c1-2-3-4-5-6-7-10-13-11-8-9-12-14-13/h5-7,10,13H,2-4,8-9,11-12H2,1H3/b6-5+,10-7+. The fourth-order valence-electron chi connectivity index (χ4n) is 1.60. The molecule has 1 nitrogen and oxygen atoms in total. The van der Waals surface area contributed by atoms with Gasteiger partial charge in [-0.05, 0) is 25.7 Å². The van der Waals surface area contributed by atoms with Crippen molar-refractivity contribution in [2.45, 2.75) is 51.6 Å². The Morgan fingerprint density at radius 1 is 1.29 bits per heavy atom. The number of unbranched alkanes of at least 4 members (excludes halogenated alkanes) is 2. The van der Waals surface area contributed by atoms with Crippen molar-refractivity contribution in [1.29, 1.82) is 0 Å². The summed E-state index contributed by atoms with van der Waals surface area (Å²) in [5, 5.41) is 0. The monoisotopic (exact) mass is 194 g/mol. The van der Waals surface area contributed by atoms with Gasteiger partial charge >= 0.3 is 0 Å². The zero-order valence-corrected chi connectivity index (χ0v) is 9.24. The van der Waals surface area contributed by atoms with E-state index in [1.54, 1.807) is 0 Å². The van der Waals surface area contributed by atoms with Crippen LogP contribution in [0.15, 0.2) is 24.3 Å². The van der Waals surface area contributed by atoms with Gasteiger partial charge in [0.2, 0.25) is 0 Å². The molecule has 0 bridgehead atoms. The molecule has 0 aliphatic carbocycles. The average molecular weight is 194 g/mol. The number of rotatable bonds is 5. The summed E-state index contributed by atoms with van der Waals surface area (Å²) in [4.78, 5) is 0. The summed E-state index contributed by atoms with van der Waals surface area (Å²) in [6, 6.07) is 0. The molecule has 0 N–H and O–H groups in total. The number of hydrogen-bond acceptors (Lipinski definition) is 1. The summed E-state index contributed by atoms with van der Waals surface area (Å²) in [7, 11) is 0. The summed E-state index contributed by atoms with van der Waals surface area (Å²) in [5.74, 6) is 0. The van der Waals surface area contributed by atoms with Crippen LogP contribution in [0.4, 0.5) is 0 Å². The Morgan fingerprint density at radius 3 is 2.93 bits per heavy atom. The van der Waals surface area contributed by atoms with Gasteiger partial charge in [-0.25, -0.2) is 0 Å². The lowest BCUT2D eigenvalue weighted by molar-refractivity contribution is 0.0466. The highest BCUT2D eigenvalue weighted by Crippen LogP contribution is 2.13. The molecule has 1 atom stereocenters. The van der Waals surface area contributed by atoms with Gasteiger partial charge in [-0.15, -0.1) is 0 Å². The first-order chi connectivity index (χ1) is 6.93. The minimum absolute atomic E-state index is 0.375. The highest BCUT2D eigenvalue weighted by atomic mass is 16.5. The predicted molar refractivity (Wildman–Crippen MR) is 61.4 cm³/mol. The normalized spacial score (nSPS) is 23.6. The van der Waals surface area contributed by atoms with Gasteiger partial charge in [-0.1, -0.05) is 44.1 Å². The molecule has 0 aromatic carbocycles. The number of allylic oxidation sites excluding steroid dienone is 3. The minimum Gasteiger partial charge on any atom is -0.374 e. The first-order valence-electron chi connectivity index (χ1n) is 5.88. The van der Waals surface area contributed by atoms with Crippen molar-refractivity contribution in [1.82, 2.24) is 0 Å². The van der Waals surface area contributed by atoms with Crippen molar-refractivity contribution in [2.75, 3.05) is 6.61 Å². The van der Waals surface area contributed by atoms with Gasteiger partial charge in [0.15, 0.2) is 0 Å². The third kappa shape index (κ3) is 5.23. The molecule has 14 heavy (non-hydrogen) atoms. The van der Waals surface area contributed by atoms with E-state index in [9.17, 15) is 0 Å². The van der Waals surface area contributed by atoms with E-state index in [1.807, 2.05) is 0 Å². The van der Waals surface area contributed by atoms with Crippen LogP contribution in [0.3, 0.4) is 0 Å². The average Bonchev–Trinajstić information content (AvgIpc) is 2.25. The third-order valence-electron chi connectivity index (χ3n) is 2.51. The second-order valence-electron chi connectivity index (χ2n) is 3.86. The number of ether oxygens (including phenoxy) is 1. The van der Waals surface area contributed by atoms with Crippen LogP contribution < -0.4 is 0 Å². The smallest absolute Gasteiger partial charge is 0.0758 e. The molecule has 1 fully saturated rings. The fraction of sp³-hybridized carbons (Fsp3) is 0.692. The van der Waals surface area contributed by atoms with Gasteiger partial charge in [0.05, 0.1) is 6.10 Å². The maximum atomic E-state index is 5.58. The highest BCUT2D eigenvalue weighted by molar-refractivity contribution is 5.05. The quantitative estimate of drug-likeness (QED) is 0.477. The molecule has 0 radical (unpaired) electrons. The molecule has 0 aromatic rings. The van der Waals surface area contributed by atoms with Gasteiger partial charge in [-0.2, -0.15) is 0 Å². The molecule has 1 unspecified atom stereocenters. The lowest BCUT2D eigenvalue weighted by Crippen LogP contribution is -2.15. The zero-order chi connectivity index (χ0) is 10.1. The summed E-state index contributed by atoms with van der Waals surface area (Å²) in [5.41, 5.74) is 0. The van der Waals surface area contributed by atoms with E-state index in [1.165, 1.54) is 38.5 Å². The van der Waals surface area contributed by atoms with E-state index >= 15 is 0 Å². The van der Waals surface area contributed by atoms with Crippen LogP contribution in [0.2, 0.25) is 0 Å². The lowest BCUT2D eigenvalue weighted by atomic mass is 10.1. The van der Waals surface area contributed by atoms with Crippen molar-refractivity contribution in [3.8, 4) is 0 Å². The van der Waals surface area contributed by atoms with Crippen molar-refractivity contribution < 1.29 is 4.74 Å². The van der Waals surface area contributed by atoms with Gasteiger partial charge in [0.1, 0.15) is 0 Å². The van der Waals surface area contributed by atoms with Crippen molar-refractivity contribution in [2.24, 2.45) is 0 Å². The summed E-state index contributed by atoms with van der Waals surface area (Å²) >= 11 is 0. The van der Waals surface area contributed by atoms with Crippen LogP contribution in [0, 0.1) is 0 Å². The van der Waals surface area contributed by atoms with Crippen molar-refractivity contribution >= 4 is 0 Å². The Bertz CT molecular complexity index is 176. The fourth-order valence-corrected chi connectivity index (χ4v) is 1.60. The second-order valence-corrected chi connectivity index (χ2v) is 3.86. The molecule has 80 valence electrons. The van der Waals surface area contributed by atoms with Crippen molar-refractivity contribution in [3.05, 3.63) is 24.3 Å². The van der Waals surface area contributed by atoms with Crippen LogP contribution in [0.25, 0.3) is 0 Å². The molecular weight excluding hydrogens is 172 g/mol. The Balaban J connectivity index is 2.09. The van der Waals surface area contributed by atoms with E-state index in [0.717, 1.165) is 6.61 Å². The van der Waals surface area contributed by atoms with Gasteiger partial charge < -0.3 is 4.74 Å². The first-order valence-corrected chi connectivity index (χ1v) is 5.88. The third-order valence-corrected chi connectivity index (χ3v) is 2.51. The molecule has 1 aliphatic rings. The van der Waals surface area contributed by atoms with E-state index in [4.69, 9.17) is 4.74 Å². The molecule has 1 saturated heterocycles. The van der Waals surface area contributed by atoms with E-state index in [2.05, 4.69) is 31.2 Å². The Kier molecular flexibility index (Phi) is 6.42. The largest absolute Gasteiger partial charge is 0.374 e. The summed E-state index contributed by atoms with van der Waals surface area (Å²) in [6.45, 7) is 3.16. The molecule has 0 spiro atoms. The Labute approximate surface area is 87.8 Å². The second kappa shape index (κ2) is 7.81. The van der Waals surface area contributed by atoms with Crippen LogP contribution in [0.5, 0.6) is 0 Å². The minimum atomic E-state index is 0.375. The van der Waals surface area contributed by atoms with Crippen LogP contribution in [-0.4, -0.2) is 12.7 Å². The molecular formula is C13H22O. The first kappa shape index (κ1) is 11.5. The van der Waals surface area contributed by atoms with Crippen molar-refractivity contribution in [3.63, 3.8) is 0 Å². The lowest BCUT2D eigenvalue weighted by Gasteiger charge is -2.18. The summed E-state index contributed by atoms with van der Waals surface area (Å²) in [6.07, 6.45) is 16.6. The molecule has 1 rings (SSSR count). The predicted octanol–water partition coefficient (Wildman–Crippen LogP) is 3.86. The SMILES string of the molecule is CCCC/C=C/C=C/C1CCCCO1. The topological polar surface area (TPSA) is 9.23 Å². The molecule has 1 aliphatic heterocycles. The van der Waals surface area contributed by atoms with E-state index in [0.29, 0.717) is 6.10 Å². The molecule has 0 amide bonds. The highest BCUT2D eigenvalue weighted by Gasteiger charge is 2.08. The van der Waals surface area contributed by atoms with Crippen LogP contribution >= 0.6 is 0 Å². The molecule has 0 aromatic heterocycles. The Hall–Kier alpha value is -0.560. The molecule has 1 heterocycles. The Morgan fingerprint density at radius 2 is 2.21 bits per heavy atom. The maximum Gasteiger partial charge on any atom is 0.0758 e. The zero-order valence-electron chi connectivity index (χ0n) is 9.24. The summed E-state index contributed by atoms with van der Waals surface area (Å²) < 4.78 is 5.58. The van der Waals surface area contributed by atoms with Crippen LogP contribution in [-0.2, 0) is 4.74 Å².